The Bertz CT molecular complexity index is 690. The van der Waals surface area contributed by atoms with Gasteiger partial charge in [0.2, 0.25) is 0 Å². The van der Waals surface area contributed by atoms with Gasteiger partial charge in [-0.3, -0.25) is 4.79 Å². The van der Waals surface area contributed by atoms with Crippen LogP contribution in [0.4, 0.5) is 0 Å². The van der Waals surface area contributed by atoms with Gasteiger partial charge >= 0.3 is 0 Å². The van der Waals surface area contributed by atoms with E-state index in [1.54, 1.807) is 18.0 Å². The molecule has 1 aliphatic rings. The summed E-state index contributed by atoms with van der Waals surface area (Å²) in [6, 6.07) is 10.1. The van der Waals surface area contributed by atoms with Gasteiger partial charge in [0.1, 0.15) is 0 Å². The van der Waals surface area contributed by atoms with E-state index in [1.807, 2.05) is 35.2 Å². The molecule has 1 heterocycles. The molecule has 5 heteroatoms. The SMILES string of the molecule is COc1cn(-c2ccccc2)nc1C(=O)N(CCC(C)C)C1CC1. The molecule has 1 fully saturated rings. The number of rotatable bonds is 7. The highest BCUT2D eigenvalue weighted by Gasteiger charge is 2.35. The molecule has 5 nitrogen and oxygen atoms in total. The molecule has 1 amide bonds. The lowest BCUT2D eigenvalue weighted by Gasteiger charge is -2.22. The summed E-state index contributed by atoms with van der Waals surface area (Å²) in [5.74, 6) is 1.08. The molecule has 128 valence electrons. The molecule has 0 spiro atoms. The van der Waals surface area contributed by atoms with Crippen molar-refractivity contribution in [2.75, 3.05) is 13.7 Å². The van der Waals surface area contributed by atoms with Crippen molar-refractivity contribution in [1.82, 2.24) is 14.7 Å². The van der Waals surface area contributed by atoms with Crippen LogP contribution in [-0.4, -0.2) is 40.3 Å². The average Bonchev–Trinajstić information content (AvgIpc) is 3.33. The summed E-state index contributed by atoms with van der Waals surface area (Å²) in [4.78, 5) is 15.0. The van der Waals surface area contributed by atoms with Crippen LogP contribution in [0.1, 0.15) is 43.6 Å². The zero-order valence-corrected chi connectivity index (χ0v) is 14.6. The lowest BCUT2D eigenvalue weighted by molar-refractivity contribution is 0.0725. The molecule has 1 aromatic carbocycles. The molecule has 24 heavy (non-hydrogen) atoms. The standard InChI is InChI=1S/C19H25N3O2/c1-14(2)11-12-21(15-9-10-15)19(23)18-17(24-3)13-22(20-18)16-7-5-4-6-8-16/h4-8,13-15H,9-12H2,1-3H3. The first kappa shape index (κ1) is 16.6. The van der Waals surface area contributed by atoms with E-state index >= 15 is 0 Å². The molecule has 0 N–H and O–H groups in total. The summed E-state index contributed by atoms with van der Waals surface area (Å²) in [7, 11) is 1.58. The van der Waals surface area contributed by atoms with Gasteiger partial charge in [0.25, 0.3) is 5.91 Å². The maximum absolute atomic E-state index is 13.0. The molecular weight excluding hydrogens is 302 g/mol. The lowest BCUT2D eigenvalue weighted by atomic mass is 10.1. The van der Waals surface area contributed by atoms with Crippen LogP contribution in [0.25, 0.3) is 5.69 Å². The van der Waals surface area contributed by atoms with E-state index in [-0.39, 0.29) is 5.91 Å². The minimum absolute atomic E-state index is 0.0234. The van der Waals surface area contributed by atoms with Gasteiger partial charge < -0.3 is 9.64 Å². The van der Waals surface area contributed by atoms with Crippen molar-refractivity contribution in [3.05, 3.63) is 42.2 Å². The Morgan fingerprint density at radius 1 is 1.33 bits per heavy atom. The Kier molecular flexibility index (Phi) is 4.88. The summed E-state index contributed by atoms with van der Waals surface area (Å²) >= 11 is 0. The van der Waals surface area contributed by atoms with E-state index in [9.17, 15) is 4.79 Å². The molecule has 0 atom stereocenters. The second kappa shape index (κ2) is 7.07. The van der Waals surface area contributed by atoms with Crippen molar-refractivity contribution < 1.29 is 9.53 Å². The van der Waals surface area contributed by atoms with Gasteiger partial charge in [0, 0.05) is 12.6 Å². The number of hydrogen-bond donors (Lipinski definition) is 0. The third-order valence-corrected chi connectivity index (χ3v) is 4.32. The van der Waals surface area contributed by atoms with Gasteiger partial charge in [-0.2, -0.15) is 5.10 Å². The highest BCUT2D eigenvalue weighted by molar-refractivity contribution is 5.95. The molecule has 2 aromatic rings. The minimum atomic E-state index is -0.0234. The Morgan fingerprint density at radius 3 is 2.62 bits per heavy atom. The fourth-order valence-electron chi connectivity index (χ4n) is 2.74. The molecule has 0 saturated heterocycles. The molecular formula is C19H25N3O2. The van der Waals surface area contributed by atoms with Crippen LogP contribution in [-0.2, 0) is 0 Å². The second-order valence-corrected chi connectivity index (χ2v) is 6.74. The lowest BCUT2D eigenvalue weighted by Crippen LogP contribution is -2.35. The van der Waals surface area contributed by atoms with E-state index in [2.05, 4.69) is 18.9 Å². The molecule has 0 aliphatic heterocycles. The fourth-order valence-corrected chi connectivity index (χ4v) is 2.74. The van der Waals surface area contributed by atoms with Crippen molar-refractivity contribution in [3.63, 3.8) is 0 Å². The summed E-state index contributed by atoms with van der Waals surface area (Å²) in [5.41, 5.74) is 1.31. The van der Waals surface area contributed by atoms with Crippen LogP contribution in [0.2, 0.25) is 0 Å². The number of para-hydroxylation sites is 1. The van der Waals surface area contributed by atoms with Crippen LogP contribution in [0.15, 0.2) is 36.5 Å². The number of aromatic nitrogens is 2. The first-order valence-electron chi connectivity index (χ1n) is 8.60. The van der Waals surface area contributed by atoms with Crippen LogP contribution < -0.4 is 4.74 Å². The number of benzene rings is 1. The molecule has 0 radical (unpaired) electrons. The van der Waals surface area contributed by atoms with Crippen molar-refractivity contribution >= 4 is 5.91 Å². The Morgan fingerprint density at radius 2 is 2.04 bits per heavy atom. The zero-order valence-electron chi connectivity index (χ0n) is 14.6. The van der Waals surface area contributed by atoms with Gasteiger partial charge in [-0.25, -0.2) is 4.68 Å². The quantitative estimate of drug-likeness (QED) is 0.781. The predicted octanol–water partition coefficient (Wildman–Crippen LogP) is 3.53. The normalized spacial score (nSPS) is 14.0. The number of nitrogens with zero attached hydrogens (tertiary/aromatic N) is 3. The number of carbonyl (C=O) groups is 1. The van der Waals surface area contributed by atoms with E-state index < -0.39 is 0 Å². The van der Waals surface area contributed by atoms with Crippen LogP contribution in [0.3, 0.4) is 0 Å². The van der Waals surface area contributed by atoms with E-state index in [0.29, 0.717) is 23.4 Å². The van der Waals surface area contributed by atoms with Crippen molar-refractivity contribution in [2.24, 2.45) is 5.92 Å². The van der Waals surface area contributed by atoms with Crippen molar-refractivity contribution in [2.45, 2.75) is 39.2 Å². The monoisotopic (exact) mass is 327 g/mol. The number of amides is 1. The second-order valence-electron chi connectivity index (χ2n) is 6.74. The van der Waals surface area contributed by atoms with Crippen LogP contribution in [0.5, 0.6) is 5.75 Å². The van der Waals surface area contributed by atoms with Crippen molar-refractivity contribution in [3.8, 4) is 11.4 Å². The largest absolute Gasteiger partial charge is 0.493 e. The Labute approximate surface area is 143 Å². The summed E-state index contributed by atoms with van der Waals surface area (Å²) in [5, 5.41) is 4.51. The van der Waals surface area contributed by atoms with Gasteiger partial charge in [-0.1, -0.05) is 32.0 Å². The Balaban J connectivity index is 1.86. The summed E-state index contributed by atoms with van der Waals surface area (Å²) in [6.45, 7) is 5.14. The molecule has 0 bridgehead atoms. The van der Waals surface area contributed by atoms with Crippen LogP contribution >= 0.6 is 0 Å². The molecule has 3 rings (SSSR count). The van der Waals surface area contributed by atoms with E-state index in [4.69, 9.17) is 4.74 Å². The van der Waals surface area contributed by atoms with Crippen LogP contribution in [0, 0.1) is 5.92 Å². The molecule has 0 unspecified atom stereocenters. The smallest absolute Gasteiger partial charge is 0.278 e. The third-order valence-electron chi connectivity index (χ3n) is 4.32. The maximum atomic E-state index is 13.0. The van der Waals surface area contributed by atoms with E-state index in [0.717, 1.165) is 31.5 Å². The predicted molar refractivity (Wildman–Crippen MR) is 93.6 cm³/mol. The molecule has 1 aromatic heterocycles. The summed E-state index contributed by atoms with van der Waals surface area (Å²) in [6.07, 6.45) is 4.96. The Hall–Kier alpha value is -2.30. The topological polar surface area (TPSA) is 47.4 Å². The van der Waals surface area contributed by atoms with Gasteiger partial charge in [-0.15, -0.1) is 0 Å². The van der Waals surface area contributed by atoms with Gasteiger partial charge in [-0.05, 0) is 37.3 Å². The first-order chi connectivity index (χ1) is 11.6. The molecule has 1 aliphatic carbocycles. The highest BCUT2D eigenvalue weighted by atomic mass is 16.5. The van der Waals surface area contributed by atoms with Gasteiger partial charge in [0.15, 0.2) is 11.4 Å². The first-order valence-corrected chi connectivity index (χ1v) is 8.60. The summed E-state index contributed by atoms with van der Waals surface area (Å²) < 4.78 is 7.12. The number of hydrogen-bond acceptors (Lipinski definition) is 3. The fraction of sp³-hybridized carbons (Fsp3) is 0.474. The number of methoxy groups -OCH3 is 1. The average molecular weight is 327 g/mol. The number of carbonyl (C=O) groups excluding carboxylic acids is 1. The van der Waals surface area contributed by atoms with Gasteiger partial charge in [0.05, 0.1) is 19.0 Å². The third kappa shape index (κ3) is 3.61. The molecule has 1 saturated carbocycles. The van der Waals surface area contributed by atoms with E-state index in [1.165, 1.54) is 0 Å². The maximum Gasteiger partial charge on any atom is 0.278 e. The minimum Gasteiger partial charge on any atom is -0.493 e. The van der Waals surface area contributed by atoms with Crippen molar-refractivity contribution in [1.29, 1.82) is 0 Å². The number of ether oxygens (including phenoxy) is 1. The zero-order chi connectivity index (χ0) is 17.1. The highest BCUT2D eigenvalue weighted by Crippen LogP contribution is 2.30.